The number of anilines is 1. The highest BCUT2D eigenvalue weighted by Gasteiger charge is 2.35. The summed E-state index contributed by atoms with van der Waals surface area (Å²) in [5.41, 5.74) is 2.02. The van der Waals surface area contributed by atoms with E-state index < -0.39 is 9.84 Å². The third-order valence-corrected chi connectivity index (χ3v) is 5.94. The Bertz CT molecular complexity index is 596. The van der Waals surface area contributed by atoms with E-state index in [1.807, 2.05) is 19.1 Å². The number of sulfone groups is 1. The Morgan fingerprint density at radius 1 is 1.25 bits per heavy atom. The molecule has 0 unspecified atom stereocenters. The maximum absolute atomic E-state index is 11.6. The topological polar surface area (TPSA) is 55.4 Å². The molecule has 2 aliphatic heterocycles. The maximum Gasteiger partial charge on any atom is 0.150 e. The van der Waals surface area contributed by atoms with Gasteiger partial charge in [0.2, 0.25) is 0 Å². The lowest BCUT2D eigenvalue weighted by atomic mass is 9.97. The molecule has 1 saturated heterocycles. The van der Waals surface area contributed by atoms with Crippen LogP contribution in [0.4, 0.5) is 5.69 Å². The molecule has 0 atom stereocenters. The first-order valence-corrected chi connectivity index (χ1v) is 9.05. The summed E-state index contributed by atoms with van der Waals surface area (Å²) in [7, 11) is -2.86. The lowest BCUT2D eigenvalue weighted by Gasteiger charge is -2.35. The van der Waals surface area contributed by atoms with Crippen LogP contribution >= 0.6 is 0 Å². The summed E-state index contributed by atoms with van der Waals surface area (Å²) in [5, 5.41) is 3.39. The third kappa shape index (κ3) is 2.77. The predicted octanol–water partition coefficient (Wildman–Crippen LogP) is 2.39. The van der Waals surface area contributed by atoms with E-state index >= 15 is 0 Å². The van der Waals surface area contributed by atoms with E-state index in [0.29, 0.717) is 12.8 Å². The van der Waals surface area contributed by atoms with Gasteiger partial charge in [-0.25, -0.2) is 8.42 Å². The molecule has 1 N–H and O–H groups in total. The first kappa shape index (κ1) is 13.7. The van der Waals surface area contributed by atoms with Crippen molar-refractivity contribution in [2.24, 2.45) is 0 Å². The summed E-state index contributed by atoms with van der Waals surface area (Å²) < 4.78 is 29.3. The molecule has 20 heavy (non-hydrogen) atoms. The molecule has 0 saturated carbocycles. The van der Waals surface area contributed by atoms with Crippen LogP contribution in [0.15, 0.2) is 18.2 Å². The Balaban J connectivity index is 1.81. The summed E-state index contributed by atoms with van der Waals surface area (Å²) in [6.45, 7) is 3.03. The predicted molar refractivity (Wildman–Crippen MR) is 80.2 cm³/mol. The van der Waals surface area contributed by atoms with Crippen molar-refractivity contribution in [3.63, 3.8) is 0 Å². The van der Waals surface area contributed by atoms with Crippen molar-refractivity contribution >= 4 is 15.5 Å². The molecular formula is C15H21NO3S. The van der Waals surface area contributed by atoms with Gasteiger partial charge in [-0.2, -0.15) is 0 Å². The molecule has 110 valence electrons. The number of hydrogen-bond donors (Lipinski definition) is 1. The van der Waals surface area contributed by atoms with Crippen molar-refractivity contribution in [1.29, 1.82) is 0 Å². The minimum Gasteiger partial charge on any atom is -0.487 e. The molecule has 1 aromatic rings. The second kappa shape index (κ2) is 4.95. The van der Waals surface area contributed by atoms with Gasteiger partial charge in [0.25, 0.3) is 0 Å². The zero-order valence-electron chi connectivity index (χ0n) is 11.8. The Hall–Kier alpha value is -1.23. The smallest absolute Gasteiger partial charge is 0.150 e. The van der Waals surface area contributed by atoms with Gasteiger partial charge >= 0.3 is 0 Å². The van der Waals surface area contributed by atoms with E-state index in [2.05, 4.69) is 11.4 Å². The number of fused-ring (bicyclic) bond motifs is 1. The molecule has 0 spiro atoms. The van der Waals surface area contributed by atoms with E-state index in [-0.39, 0.29) is 17.1 Å². The van der Waals surface area contributed by atoms with Crippen LogP contribution < -0.4 is 10.1 Å². The molecule has 1 fully saturated rings. The first-order valence-electron chi connectivity index (χ1n) is 7.23. The number of nitrogens with one attached hydrogen (secondary N) is 1. The highest BCUT2D eigenvalue weighted by Crippen LogP contribution is 2.36. The Morgan fingerprint density at radius 2 is 2.00 bits per heavy atom. The first-order chi connectivity index (χ1) is 9.48. The quantitative estimate of drug-likeness (QED) is 0.910. The minimum atomic E-state index is -2.86. The molecule has 0 aliphatic carbocycles. The van der Waals surface area contributed by atoms with Crippen LogP contribution in [0.5, 0.6) is 5.75 Å². The Kier molecular flexibility index (Phi) is 3.40. The van der Waals surface area contributed by atoms with Crippen molar-refractivity contribution < 1.29 is 13.2 Å². The Labute approximate surface area is 120 Å². The monoisotopic (exact) mass is 295 g/mol. The minimum absolute atomic E-state index is 0.233. The summed E-state index contributed by atoms with van der Waals surface area (Å²) in [4.78, 5) is 0. The van der Waals surface area contributed by atoms with Crippen LogP contribution in [0, 0.1) is 0 Å². The van der Waals surface area contributed by atoms with Gasteiger partial charge in [0.15, 0.2) is 9.84 Å². The lowest BCUT2D eigenvalue weighted by molar-refractivity contribution is 0.0768. The van der Waals surface area contributed by atoms with Gasteiger partial charge in [-0.3, -0.25) is 0 Å². The molecule has 0 aromatic heterocycles. The van der Waals surface area contributed by atoms with Gasteiger partial charge in [0, 0.05) is 30.6 Å². The second-order valence-corrected chi connectivity index (χ2v) is 8.32. The number of rotatable bonds is 2. The van der Waals surface area contributed by atoms with Crippen LogP contribution in [0.1, 0.15) is 31.7 Å². The van der Waals surface area contributed by atoms with Crippen molar-refractivity contribution in [2.75, 3.05) is 23.4 Å². The van der Waals surface area contributed by atoms with Crippen molar-refractivity contribution in [1.82, 2.24) is 0 Å². The molecule has 0 radical (unpaired) electrons. The SMILES string of the molecule is CC1(Oc2cccc3c2CCCN3)CCS(=O)(=O)CC1. The zero-order chi connectivity index (χ0) is 14.2. The molecule has 5 heteroatoms. The molecule has 3 rings (SSSR count). The standard InChI is InChI=1S/C15H21NO3S/c1-15(7-10-20(17,18)11-8-15)19-14-6-2-5-13-12(14)4-3-9-16-13/h2,5-6,16H,3-4,7-11H2,1H3. The van der Waals surface area contributed by atoms with Gasteiger partial charge in [0.05, 0.1) is 11.5 Å². The van der Waals surface area contributed by atoms with Gasteiger partial charge in [0.1, 0.15) is 11.4 Å². The highest BCUT2D eigenvalue weighted by atomic mass is 32.2. The summed E-state index contributed by atoms with van der Waals surface area (Å²) in [6.07, 6.45) is 3.28. The van der Waals surface area contributed by atoms with Crippen molar-refractivity contribution in [2.45, 2.75) is 38.2 Å². The number of benzene rings is 1. The van der Waals surface area contributed by atoms with Crippen LogP contribution in [-0.4, -0.2) is 32.1 Å². The largest absolute Gasteiger partial charge is 0.487 e. The molecular weight excluding hydrogens is 274 g/mol. The van der Waals surface area contributed by atoms with E-state index in [0.717, 1.165) is 30.8 Å². The van der Waals surface area contributed by atoms with Gasteiger partial charge < -0.3 is 10.1 Å². The second-order valence-electron chi connectivity index (χ2n) is 6.02. The Morgan fingerprint density at radius 3 is 2.75 bits per heavy atom. The normalized spacial score (nSPS) is 23.4. The average Bonchev–Trinajstić information content (AvgIpc) is 2.43. The van der Waals surface area contributed by atoms with E-state index in [1.54, 1.807) is 0 Å². The van der Waals surface area contributed by atoms with Crippen LogP contribution in [-0.2, 0) is 16.3 Å². The summed E-state index contributed by atoms with van der Waals surface area (Å²) >= 11 is 0. The lowest BCUT2D eigenvalue weighted by Crippen LogP contribution is -2.41. The molecule has 4 nitrogen and oxygen atoms in total. The zero-order valence-corrected chi connectivity index (χ0v) is 12.6. The molecule has 2 heterocycles. The fraction of sp³-hybridized carbons (Fsp3) is 0.600. The maximum atomic E-state index is 11.6. The van der Waals surface area contributed by atoms with Crippen molar-refractivity contribution in [3.05, 3.63) is 23.8 Å². The van der Waals surface area contributed by atoms with Crippen LogP contribution in [0.2, 0.25) is 0 Å². The molecule has 0 amide bonds. The molecule has 0 bridgehead atoms. The van der Waals surface area contributed by atoms with E-state index in [1.165, 1.54) is 5.56 Å². The summed E-state index contributed by atoms with van der Waals surface area (Å²) in [5.74, 6) is 1.38. The third-order valence-electron chi connectivity index (χ3n) is 4.29. The molecule has 1 aromatic carbocycles. The average molecular weight is 295 g/mol. The fourth-order valence-corrected chi connectivity index (χ4v) is 4.60. The highest BCUT2D eigenvalue weighted by molar-refractivity contribution is 7.91. The van der Waals surface area contributed by atoms with Gasteiger partial charge in [-0.1, -0.05) is 6.07 Å². The number of ether oxygens (including phenoxy) is 1. The van der Waals surface area contributed by atoms with E-state index in [9.17, 15) is 8.42 Å². The molecule has 2 aliphatic rings. The van der Waals surface area contributed by atoms with Crippen LogP contribution in [0.3, 0.4) is 0 Å². The van der Waals surface area contributed by atoms with Gasteiger partial charge in [-0.05, 0) is 31.9 Å². The van der Waals surface area contributed by atoms with Crippen LogP contribution in [0.25, 0.3) is 0 Å². The van der Waals surface area contributed by atoms with Gasteiger partial charge in [-0.15, -0.1) is 0 Å². The fourth-order valence-electron chi connectivity index (χ4n) is 2.91. The van der Waals surface area contributed by atoms with E-state index in [4.69, 9.17) is 4.74 Å². The summed E-state index contributed by atoms with van der Waals surface area (Å²) in [6, 6.07) is 6.07. The van der Waals surface area contributed by atoms with Crippen molar-refractivity contribution in [3.8, 4) is 5.75 Å². The number of hydrogen-bond acceptors (Lipinski definition) is 4.